The van der Waals surface area contributed by atoms with Crippen LogP contribution in [0.3, 0.4) is 0 Å². The second-order valence-corrected chi connectivity index (χ2v) is 5.58. The molecule has 1 aromatic heterocycles. The number of fused-ring (bicyclic) bond motifs is 1. The van der Waals surface area contributed by atoms with E-state index in [0.717, 1.165) is 17.6 Å². The number of aliphatic hydroxyl groups excluding tert-OH is 1. The lowest BCUT2D eigenvalue weighted by Crippen LogP contribution is -2.38. The molecule has 120 valence electrons. The molecule has 1 saturated carbocycles. The Morgan fingerprint density at radius 3 is 2.91 bits per heavy atom. The molecule has 0 spiro atoms. The number of aliphatic hydroxyl groups is 1. The predicted molar refractivity (Wildman–Crippen MR) is 70.0 cm³/mol. The van der Waals surface area contributed by atoms with Gasteiger partial charge < -0.3 is 14.6 Å². The summed E-state index contributed by atoms with van der Waals surface area (Å²) in [6.07, 6.45) is -0.902. The Morgan fingerprint density at radius 1 is 1.59 bits per heavy atom. The molecule has 22 heavy (non-hydrogen) atoms. The summed E-state index contributed by atoms with van der Waals surface area (Å²) in [5.41, 5.74) is -4.70. The minimum Gasteiger partial charge on any atom is -0.453 e. The first-order valence-electron chi connectivity index (χ1n) is 6.77. The number of alkyl halides is 1. The third kappa shape index (κ3) is 2.00. The molecule has 2 aliphatic rings. The monoisotopic (exact) mass is 314 g/mol. The van der Waals surface area contributed by atoms with Crippen molar-refractivity contribution < 1.29 is 23.8 Å². The summed E-state index contributed by atoms with van der Waals surface area (Å²) in [6.45, 7) is 0.489. The quantitative estimate of drug-likeness (QED) is 0.669. The van der Waals surface area contributed by atoms with Gasteiger partial charge in [0.15, 0.2) is 11.3 Å². The van der Waals surface area contributed by atoms with E-state index in [9.17, 15) is 23.9 Å². The smallest absolute Gasteiger partial charge is 0.328 e. The summed E-state index contributed by atoms with van der Waals surface area (Å²) < 4.78 is 26.6. The van der Waals surface area contributed by atoms with Gasteiger partial charge in [-0.3, -0.25) is 19.1 Å². The van der Waals surface area contributed by atoms with Gasteiger partial charge in [-0.1, -0.05) is 0 Å². The molecule has 1 aromatic rings. The predicted octanol–water partition coefficient (Wildman–Crippen LogP) is -1.29. The third-order valence-electron chi connectivity index (χ3n) is 4.21. The molecule has 0 radical (unpaired) electrons. The molecule has 0 aromatic carbocycles. The van der Waals surface area contributed by atoms with Crippen molar-refractivity contribution in [3.63, 3.8) is 0 Å². The number of ether oxygens (including phenoxy) is 2. The van der Waals surface area contributed by atoms with Gasteiger partial charge in [-0.15, -0.1) is 0 Å². The Labute approximate surface area is 123 Å². The van der Waals surface area contributed by atoms with E-state index in [1.165, 1.54) is 6.20 Å². The molecular weight excluding hydrogens is 299 g/mol. The summed E-state index contributed by atoms with van der Waals surface area (Å²) in [5, 5.41) is 9.33. The maximum Gasteiger partial charge on any atom is 0.328 e. The van der Waals surface area contributed by atoms with Crippen LogP contribution < -0.4 is 11.2 Å². The molecule has 2 unspecified atom stereocenters. The molecule has 3 rings (SSSR count). The van der Waals surface area contributed by atoms with Crippen LogP contribution in [-0.2, 0) is 20.8 Å². The van der Waals surface area contributed by atoms with Gasteiger partial charge in [-0.2, -0.15) is 0 Å². The van der Waals surface area contributed by atoms with E-state index >= 15 is 0 Å². The van der Waals surface area contributed by atoms with E-state index in [1.54, 1.807) is 0 Å². The summed E-state index contributed by atoms with van der Waals surface area (Å²) in [6, 6.07) is 1.14. The van der Waals surface area contributed by atoms with Crippen molar-refractivity contribution in [3.8, 4) is 0 Å². The standard InChI is InChI=1S/C13H15FN2O6/c1-7(18)22-13-6-12(13,14)8(21-9(13)5-17)4-16-3-2-10(19)15-11(16)20/h2-3,8-9,17H,4-6H2,1H3,(H,15,19,20)/t8-,9+,12?,13?/m0/s1. The molecule has 1 aliphatic heterocycles. The van der Waals surface area contributed by atoms with Crippen molar-refractivity contribution in [3.05, 3.63) is 33.1 Å². The van der Waals surface area contributed by atoms with Crippen LogP contribution in [0.1, 0.15) is 13.3 Å². The normalized spacial score (nSPS) is 36.0. The Hall–Kier alpha value is -2.00. The molecule has 0 amide bonds. The van der Waals surface area contributed by atoms with Crippen molar-refractivity contribution in [2.75, 3.05) is 6.61 Å². The molecule has 2 fully saturated rings. The van der Waals surface area contributed by atoms with E-state index in [4.69, 9.17) is 9.47 Å². The van der Waals surface area contributed by atoms with E-state index in [0.29, 0.717) is 0 Å². The lowest BCUT2D eigenvalue weighted by Gasteiger charge is -2.20. The highest BCUT2D eigenvalue weighted by atomic mass is 19.1. The molecular formula is C13H15FN2O6. The largest absolute Gasteiger partial charge is 0.453 e. The maximum atomic E-state index is 15.0. The fraction of sp³-hybridized carbons (Fsp3) is 0.615. The van der Waals surface area contributed by atoms with E-state index in [1.807, 2.05) is 0 Å². The molecule has 4 atom stereocenters. The van der Waals surface area contributed by atoms with Crippen LogP contribution in [-0.4, -0.2) is 50.7 Å². The zero-order valence-corrected chi connectivity index (χ0v) is 11.7. The number of carbonyl (C=O) groups excluding carboxylic acids is 1. The lowest BCUT2D eigenvalue weighted by atomic mass is 10.1. The SMILES string of the molecule is CC(=O)OC12CC1(F)[C@H](Cn1ccc(=O)[nH]c1=O)O[C@@H]2CO. The number of nitrogens with one attached hydrogen (secondary N) is 1. The van der Waals surface area contributed by atoms with Crippen LogP contribution in [0.4, 0.5) is 4.39 Å². The van der Waals surface area contributed by atoms with Crippen molar-refractivity contribution in [1.82, 2.24) is 9.55 Å². The van der Waals surface area contributed by atoms with Crippen LogP contribution in [0.15, 0.2) is 21.9 Å². The number of rotatable bonds is 4. The van der Waals surface area contributed by atoms with Crippen molar-refractivity contribution in [2.24, 2.45) is 0 Å². The fourth-order valence-corrected chi connectivity index (χ4v) is 3.11. The molecule has 0 bridgehead atoms. The van der Waals surface area contributed by atoms with Crippen LogP contribution >= 0.6 is 0 Å². The molecule has 2 heterocycles. The Balaban J connectivity index is 1.86. The highest BCUT2D eigenvalue weighted by molar-refractivity contribution is 5.68. The fourth-order valence-electron chi connectivity index (χ4n) is 3.11. The minimum absolute atomic E-state index is 0.0897. The van der Waals surface area contributed by atoms with Gasteiger partial charge in [0.05, 0.1) is 13.2 Å². The number of nitrogens with zero attached hydrogens (tertiary/aromatic N) is 1. The Bertz CT molecular complexity index is 730. The Morgan fingerprint density at radius 2 is 2.32 bits per heavy atom. The van der Waals surface area contributed by atoms with Crippen LogP contribution in [0, 0.1) is 0 Å². The van der Waals surface area contributed by atoms with Crippen LogP contribution in [0.25, 0.3) is 0 Å². The number of halogens is 1. The van der Waals surface area contributed by atoms with Gasteiger partial charge >= 0.3 is 11.7 Å². The first-order chi connectivity index (χ1) is 10.3. The van der Waals surface area contributed by atoms with Gasteiger partial charge in [0.25, 0.3) is 5.56 Å². The average Bonchev–Trinajstić information content (AvgIpc) is 2.95. The highest BCUT2D eigenvalue weighted by Gasteiger charge is 2.84. The first-order valence-corrected chi connectivity index (χ1v) is 6.77. The zero-order chi connectivity index (χ0) is 16.1. The molecule has 2 N–H and O–H groups in total. The summed E-state index contributed by atoms with van der Waals surface area (Å²) in [4.78, 5) is 35.9. The number of carbonyl (C=O) groups is 1. The molecule has 1 aliphatic carbocycles. The van der Waals surface area contributed by atoms with E-state index in [-0.39, 0.29) is 13.0 Å². The molecule has 9 heteroatoms. The zero-order valence-electron chi connectivity index (χ0n) is 11.7. The van der Waals surface area contributed by atoms with Gasteiger partial charge in [0.1, 0.15) is 12.2 Å². The number of H-pyrrole nitrogens is 1. The maximum absolute atomic E-state index is 15.0. The van der Waals surface area contributed by atoms with Gasteiger partial charge in [0.2, 0.25) is 0 Å². The number of hydrogen-bond donors (Lipinski definition) is 2. The second kappa shape index (κ2) is 4.75. The van der Waals surface area contributed by atoms with Gasteiger partial charge in [-0.25, -0.2) is 9.18 Å². The van der Waals surface area contributed by atoms with Crippen LogP contribution in [0.2, 0.25) is 0 Å². The highest BCUT2D eigenvalue weighted by Crippen LogP contribution is 2.64. The van der Waals surface area contributed by atoms with E-state index in [2.05, 4.69) is 4.98 Å². The van der Waals surface area contributed by atoms with Crippen molar-refractivity contribution in [2.45, 2.75) is 43.4 Å². The van der Waals surface area contributed by atoms with Gasteiger partial charge in [-0.05, 0) is 0 Å². The number of aromatic nitrogens is 2. The first kappa shape index (κ1) is 14.9. The average molecular weight is 314 g/mol. The number of esters is 1. The van der Waals surface area contributed by atoms with Gasteiger partial charge in [0, 0.05) is 25.6 Å². The Kier molecular flexibility index (Phi) is 3.22. The van der Waals surface area contributed by atoms with Crippen LogP contribution in [0.5, 0.6) is 0 Å². The van der Waals surface area contributed by atoms with E-state index < -0.39 is 47.3 Å². The van der Waals surface area contributed by atoms with Crippen molar-refractivity contribution in [1.29, 1.82) is 0 Å². The lowest BCUT2D eigenvalue weighted by molar-refractivity contribution is -0.157. The number of hydrogen-bond acceptors (Lipinski definition) is 6. The topological polar surface area (TPSA) is 111 Å². The van der Waals surface area contributed by atoms with Crippen molar-refractivity contribution >= 4 is 5.97 Å². The summed E-state index contributed by atoms with van der Waals surface area (Å²) in [7, 11) is 0. The summed E-state index contributed by atoms with van der Waals surface area (Å²) >= 11 is 0. The third-order valence-corrected chi connectivity index (χ3v) is 4.21. The second-order valence-electron chi connectivity index (χ2n) is 5.58. The molecule has 8 nitrogen and oxygen atoms in total. The minimum atomic E-state index is -1.96. The molecule has 1 saturated heterocycles. The number of aromatic amines is 1. The summed E-state index contributed by atoms with van der Waals surface area (Å²) in [5.74, 6) is -0.663.